The van der Waals surface area contributed by atoms with Gasteiger partial charge in [0.1, 0.15) is 0 Å². The third-order valence-corrected chi connectivity index (χ3v) is 3.75. The number of aryl methyl sites for hydroxylation is 1. The number of hydrogen-bond acceptors (Lipinski definition) is 5. The van der Waals surface area contributed by atoms with Crippen molar-refractivity contribution in [2.24, 2.45) is 0 Å². The van der Waals surface area contributed by atoms with Gasteiger partial charge < -0.3 is 9.64 Å². The van der Waals surface area contributed by atoms with Gasteiger partial charge in [-0.3, -0.25) is 9.97 Å². The van der Waals surface area contributed by atoms with Crippen LogP contribution in [0, 0.1) is 6.92 Å². The summed E-state index contributed by atoms with van der Waals surface area (Å²) in [6.45, 7) is 6.98. The Hall–Kier alpha value is -2.17. The molecule has 5 heteroatoms. The molecule has 0 bridgehead atoms. The van der Waals surface area contributed by atoms with Crippen molar-refractivity contribution in [1.82, 2.24) is 15.0 Å². The first-order chi connectivity index (χ1) is 10.6. The van der Waals surface area contributed by atoms with Gasteiger partial charge in [-0.05, 0) is 45.7 Å². The molecule has 0 N–H and O–H groups in total. The lowest BCUT2D eigenvalue weighted by atomic mass is 10.1. The lowest BCUT2D eigenvalue weighted by Crippen LogP contribution is -2.24. The molecular weight excluding hydrogens is 276 g/mol. The molecule has 2 aromatic heterocycles. The summed E-state index contributed by atoms with van der Waals surface area (Å²) < 4.78 is 5.66. The van der Waals surface area contributed by atoms with E-state index in [0.717, 1.165) is 36.6 Å². The van der Waals surface area contributed by atoms with Crippen molar-refractivity contribution < 1.29 is 4.74 Å². The maximum Gasteiger partial charge on any atom is 0.234 e. The molecule has 2 aromatic rings. The number of nitrogens with zero attached hydrogens (tertiary/aromatic N) is 4. The van der Waals surface area contributed by atoms with Crippen molar-refractivity contribution in [1.29, 1.82) is 0 Å². The Labute approximate surface area is 131 Å². The lowest BCUT2D eigenvalue weighted by Gasteiger charge is -2.25. The number of ether oxygens (including phenoxy) is 1. The van der Waals surface area contributed by atoms with E-state index in [1.54, 1.807) is 12.4 Å². The Balaban J connectivity index is 1.87. The Kier molecular flexibility index (Phi) is 4.22. The Bertz CT molecular complexity index is 644. The van der Waals surface area contributed by atoms with Crippen LogP contribution in [0.25, 0.3) is 0 Å². The zero-order valence-corrected chi connectivity index (χ0v) is 13.4. The minimum atomic E-state index is 0.0948. The fraction of sp³-hybridized carbons (Fsp3) is 0.471. The van der Waals surface area contributed by atoms with Crippen LogP contribution in [0.1, 0.15) is 44.1 Å². The minimum absolute atomic E-state index is 0.0948. The molecule has 1 saturated heterocycles. The van der Waals surface area contributed by atoms with E-state index in [-0.39, 0.29) is 12.1 Å². The van der Waals surface area contributed by atoms with E-state index in [1.807, 2.05) is 26.8 Å². The zero-order chi connectivity index (χ0) is 15.5. The number of anilines is 1. The van der Waals surface area contributed by atoms with Gasteiger partial charge in [0.15, 0.2) is 5.82 Å². The van der Waals surface area contributed by atoms with Crippen molar-refractivity contribution in [2.45, 2.75) is 45.8 Å². The zero-order valence-electron chi connectivity index (χ0n) is 13.4. The molecule has 0 saturated carbocycles. The second-order valence-electron chi connectivity index (χ2n) is 5.94. The highest BCUT2D eigenvalue weighted by Crippen LogP contribution is 2.34. The van der Waals surface area contributed by atoms with Crippen LogP contribution in [0.4, 0.5) is 5.82 Å². The molecule has 1 atom stereocenters. The first-order valence-electron chi connectivity index (χ1n) is 7.82. The summed E-state index contributed by atoms with van der Waals surface area (Å²) in [5.41, 5.74) is 2.15. The highest BCUT2D eigenvalue weighted by Gasteiger charge is 2.28. The number of pyridine rings is 1. The number of hydrogen-bond donors (Lipinski definition) is 0. The molecule has 1 aliphatic heterocycles. The van der Waals surface area contributed by atoms with E-state index < -0.39 is 0 Å². The third-order valence-electron chi connectivity index (χ3n) is 3.75. The summed E-state index contributed by atoms with van der Waals surface area (Å²) >= 11 is 0. The molecule has 1 aliphatic rings. The van der Waals surface area contributed by atoms with Crippen LogP contribution in [-0.4, -0.2) is 27.6 Å². The van der Waals surface area contributed by atoms with E-state index in [0.29, 0.717) is 5.88 Å². The maximum atomic E-state index is 5.66. The molecule has 3 rings (SSSR count). The smallest absolute Gasteiger partial charge is 0.234 e. The normalized spacial score (nSPS) is 18.0. The molecule has 1 unspecified atom stereocenters. The summed E-state index contributed by atoms with van der Waals surface area (Å²) in [7, 11) is 0. The van der Waals surface area contributed by atoms with Crippen LogP contribution in [0.3, 0.4) is 0 Å². The maximum absolute atomic E-state index is 5.66. The third kappa shape index (κ3) is 3.18. The predicted molar refractivity (Wildman–Crippen MR) is 86.1 cm³/mol. The van der Waals surface area contributed by atoms with Crippen LogP contribution < -0.4 is 9.64 Å². The number of rotatable bonds is 4. The van der Waals surface area contributed by atoms with Gasteiger partial charge in [0, 0.05) is 12.2 Å². The summed E-state index contributed by atoms with van der Waals surface area (Å²) in [6, 6.07) is 6.46. The van der Waals surface area contributed by atoms with E-state index in [1.165, 1.54) is 0 Å². The standard InChI is InChI=1S/C17H22N4O/c1-12(2)22-17-11-18-10-16(20-17)21-9-5-8-15(21)14-7-4-6-13(3)19-14/h4,6-7,10-12,15H,5,8-9H2,1-3H3. The van der Waals surface area contributed by atoms with Gasteiger partial charge in [-0.15, -0.1) is 0 Å². The van der Waals surface area contributed by atoms with Crippen molar-refractivity contribution in [3.05, 3.63) is 42.0 Å². The van der Waals surface area contributed by atoms with Gasteiger partial charge >= 0.3 is 0 Å². The highest BCUT2D eigenvalue weighted by atomic mass is 16.5. The summed E-state index contributed by atoms with van der Waals surface area (Å²) in [6.07, 6.45) is 5.79. The van der Waals surface area contributed by atoms with Crippen LogP contribution >= 0.6 is 0 Å². The molecule has 116 valence electrons. The average molecular weight is 298 g/mol. The molecule has 0 amide bonds. The molecule has 22 heavy (non-hydrogen) atoms. The molecule has 5 nitrogen and oxygen atoms in total. The van der Waals surface area contributed by atoms with Gasteiger partial charge in [-0.25, -0.2) is 0 Å². The van der Waals surface area contributed by atoms with E-state index in [9.17, 15) is 0 Å². The van der Waals surface area contributed by atoms with Crippen LogP contribution in [0.15, 0.2) is 30.6 Å². The van der Waals surface area contributed by atoms with Crippen molar-refractivity contribution in [3.63, 3.8) is 0 Å². The fourth-order valence-electron chi connectivity index (χ4n) is 2.87. The molecule has 0 aliphatic carbocycles. The topological polar surface area (TPSA) is 51.1 Å². The molecular formula is C17H22N4O. The molecule has 3 heterocycles. The molecule has 0 spiro atoms. The first kappa shape index (κ1) is 14.8. The van der Waals surface area contributed by atoms with E-state index in [2.05, 4.69) is 32.0 Å². The molecule has 0 aromatic carbocycles. The van der Waals surface area contributed by atoms with E-state index in [4.69, 9.17) is 4.74 Å². The second-order valence-corrected chi connectivity index (χ2v) is 5.94. The van der Waals surface area contributed by atoms with Crippen molar-refractivity contribution >= 4 is 5.82 Å². The van der Waals surface area contributed by atoms with E-state index >= 15 is 0 Å². The SMILES string of the molecule is Cc1cccc(C2CCCN2c2cncc(OC(C)C)n2)n1. The van der Waals surface area contributed by atoms with Crippen LogP contribution in [-0.2, 0) is 0 Å². The predicted octanol–water partition coefficient (Wildman–Crippen LogP) is 3.31. The summed E-state index contributed by atoms with van der Waals surface area (Å²) in [5.74, 6) is 1.44. The second kappa shape index (κ2) is 6.30. The number of aromatic nitrogens is 3. The minimum Gasteiger partial charge on any atom is -0.474 e. The first-order valence-corrected chi connectivity index (χ1v) is 7.82. The van der Waals surface area contributed by atoms with Gasteiger partial charge in [0.25, 0.3) is 0 Å². The lowest BCUT2D eigenvalue weighted by molar-refractivity contribution is 0.231. The fourth-order valence-corrected chi connectivity index (χ4v) is 2.87. The largest absolute Gasteiger partial charge is 0.474 e. The summed E-state index contributed by atoms with van der Waals surface area (Å²) in [5, 5.41) is 0. The van der Waals surface area contributed by atoms with Crippen molar-refractivity contribution in [3.8, 4) is 5.88 Å². The average Bonchev–Trinajstić information content (AvgIpc) is 2.96. The Morgan fingerprint density at radius 1 is 1.23 bits per heavy atom. The van der Waals surface area contributed by atoms with Crippen molar-refractivity contribution in [2.75, 3.05) is 11.4 Å². The van der Waals surface area contributed by atoms with Gasteiger partial charge in [0.2, 0.25) is 5.88 Å². The Morgan fingerprint density at radius 3 is 2.86 bits per heavy atom. The van der Waals surface area contributed by atoms with Crippen LogP contribution in [0.5, 0.6) is 5.88 Å². The summed E-state index contributed by atoms with van der Waals surface area (Å²) in [4.78, 5) is 15.8. The Morgan fingerprint density at radius 2 is 2.09 bits per heavy atom. The van der Waals surface area contributed by atoms with Gasteiger partial charge in [-0.1, -0.05) is 6.07 Å². The quantitative estimate of drug-likeness (QED) is 0.866. The molecule has 1 fully saturated rings. The monoisotopic (exact) mass is 298 g/mol. The van der Waals surface area contributed by atoms with Gasteiger partial charge in [0.05, 0.1) is 30.2 Å². The van der Waals surface area contributed by atoms with Crippen LogP contribution in [0.2, 0.25) is 0 Å². The highest BCUT2D eigenvalue weighted by molar-refractivity contribution is 5.42. The molecule has 0 radical (unpaired) electrons. The van der Waals surface area contributed by atoms with Gasteiger partial charge in [-0.2, -0.15) is 4.98 Å².